The van der Waals surface area contributed by atoms with Crippen LogP contribution in [0.15, 0.2) is 45.6 Å². The first-order chi connectivity index (χ1) is 14.1. The number of oxazole rings is 1. The lowest BCUT2D eigenvalue weighted by Gasteiger charge is -2.15. The van der Waals surface area contributed by atoms with Crippen molar-refractivity contribution in [2.75, 3.05) is 0 Å². The van der Waals surface area contributed by atoms with Gasteiger partial charge in [-0.15, -0.1) is 0 Å². The zero-order chi connectivity index (χ0) is 21.6. The number of benzene rings is 2. The molecule has 0 radical (unpaired) electrons. The number of halogens is 5. The fourth-order valence-electron chi connectivity index (χ4n) is 3.61. The molecule has 1 aliphatic carbocycles. The third-order valence-electron chi connectivity index (χ3n) is 4.97. The summed E-state index contributed by atoms with van der Waals surface area (Å²) >= 11 is 0. The van der Waals surface area contributed by atoms with Crippen molar-refractivity contribution in [1.29, 1.82) is 0 Å². The molecule has 4 rings (SSSR count). The second-order valence-electron chi connectivity index (χ2n) is 6.83. The summed E-state index contributed by atoms with van der Waals surface area (Å²) in [5.41, 5.74) is -0.495. The zero-order valence-electron chi connectivity index (χ0n) is 15.1. The first-order valence-electron chi connectivity index (χ1n) is 8.85. The van der Waals surface area contributed by atoms with Gasteiger partial charge in [-0.3, -0.25) is 4.98 Å². The predicted octanol–water partition coefficient (Wildman–Crippen LogP) is 5.50. The molecule has 0 unspecified atom stereocenters. The van der Waals surface area contributed by atoms with E-state index in [9.17, 15) is 31.9 Å². The largest absolute Gasteiger partial charge is 0.492 e. The summed E-state index contributed by atoms with van der Waals surface area (Å²) in [4.78, 5) is 13.4. The minimum Gasteiger partial charge on any atom is -0.492 e. The molecule has 1 atom stereocenters. The van der Waals surface area contributed by atoms with Crippen LogP contribution in [0, 0.1) is 0 Å². The van der Waals surface area contributed by atoms with Crippen LogP contribution in [0.4, 0.5) is 22.0 Å². The van der Waals surface area contributed by atoms with E-state index in [1.54, 1.807) is 12.1 Å². The van der Waals surface area contributed by atoms with E-state index in [0.717, 1.165) is 17.2 Å². The van der Waals surface area contributed by atoms with E-state index in [4.69, 9.17) is 9.15 Å². The molecule has 2 aromatic carbocycles. The summed E-state index contributed by atoms with van der Waals surface area (Å²) in [5.74, 6) is -1.59. The summed E-state index contributed by atoms with van der Waals surface area (Å²) in [6.45, 7) is 0. The van der Waals surface area contributed by atoms with E-state index in [1.165, 1.54) is 6.07 Å². The van der Waals surface area contributed by atoms with Crippen LogP contribution in [0.25, 0.3) is 0 Å². The maximum atomic E-state index is 13.3. The number of aromatic nitrogens is 1. The quantitative estimate of drug-likeness (QED) is 0.539. The van der Waals surface area contributed by atoms with Crippen molar-refractivity contribution in [3.63, 3.8) is 0 Å². The van der Waals surface area contributed by atoms with Crippen LogP contribution in [0.1, 0.15) is 46.8 Å². The molecular formula is C20H14F5NO4. The van der Waals surface area contributed by atoms with Gasteiger partial charge in [0, 0.05) is 5.92 Å². The molecule has 10 heteroatoms. The normalized spacial score (nSPS) is 16.1. The lowest BCUT2D eigenvalue weighted by Crippen LogP contribution is -2.06. The van der Waals surface area contributed by atoms with Gasteiger partial charge in [0.25, 0.3) is 6.43 Å². The number of aromatic amines is 1. The standard InChI is InChI=1S/C20H14F5NO4/c21-17(22)14-8-10(20(23,24)25)2-6-15(14)29-11-3-5-12-9(7-11)1-4-13(12)16-18(27)26-19(28)30-16/h2-3,5-8,13,17,27H,1,4H2,(H,26,28)/t13-/m1/s1. The highest BCUT2D eigenvalue weighted by atomic mass is 19.4. The Kier molecular flexibility index (Phi) is 4.79. The van der Waals surface area contributed by atoms with Gasteiger partial charge in [0.05, 0.1) is 11.1 Å². The molecule has 158 valence electrons. The molecule has 0 aliphatic heterocycles. The van der Waals surface area contributed by atoms with Crippen molar-refractivity contribution in [3.8, 4) is 17.4 Å². The van der Waals surface area contributed by atoms with Crippen molar-refractivity contribution in [2.45, 2.75) is 31.4 Å². The van der Waals surface area contributed by atoms with Crippen LogP contribution in [0.5, 0.6) is 17.4 Å². The minimum absolute atomic E-state index is 0.107. The molecule has 0 saturated carbocycles. The lowest BCUT2D eigenvalue weighted by atomic mass is 9.99. The van der Waals surface area contributed by atoms with E-state index in [-0.39, 0.29) is 29.1 Å². The maximum Gasteiger partial charge on any atom is 0.419 e. The van der Waals surface area contributed by atoms with Gasteiger partial charge in [-0.2, -0.15) is 13.2 Å². The smallest absolute Gasteiger partial charge is 0.419 e. The van der Waals surface area contributed by atoms with E-state index < -0.39 is 29.5 Å². The summed E-state index contributed by atoms with van der Waals surface area (Å²) in [5, 5.41) is 9.80. The molecule has 0 spiro atoms. The first-order valence-corrected chi connectivity index (χ1v) is 8.85. The van der Waals surface area contributed by atoms with Crippen LogP contribution in [0.3, 0.4) is 0 Å². The summed E-state index contributed by atoms with van der Waals surface area (Å²) in [6.07, 6.45) is -6.82. The maximum absolute atomic E-state index is 13.3. The number of rotatable bonds is 4. The highest BCUT2D eigenvalue weighted by Crippen LogP contribution is 2.43. The lowest BCUT2D eigenvalue weighted by molar-refractivity contribution is -0.137. The number of hydrogen-bond donors (Lipinski definition) is 2. The molecular weight excluding hydrogens is 413 g/mol. The van der Waals surface area contributed by atoms with E-state index in [2.05, 4.69) is 4.98 Å². The third-order valence-corrected chi connectivity index (χ3v) is 4.97. The first kappa shape index (κ1) is 20.0. The Morgan fingerprint density at radius 1 is 1.17 bits per heavy atom. The Morgan fingerprint density at radius 3 is 2.57 bits per heavy atom. The van der Waals surface area contributed by atoms with Gasteiger partial charge in [-0.25, -0.2) is 13.6 Å². The molecule has 0 saturated heterocycles. The Bertz CT molecular complexity index is 1150. The monoisotopic (exact) mass is 427 g/mol. The van der Waals surface area contributed by atoms with Crippen LogP contribution < -0.4 is 10.5 Å². The number of aromatic hydroxyl groups is 1. The Hall–Kier alpha value is -3.30. The van der Waals surface area contributed by atoms with E-state index >= 15 is 0 Å². The summed E-state index contributed by atoms with van der Waals surface area (Å²) in [6, 6.07) is 6.63. The van der Waals surface area contributed by atoms with Crippen molar-refractivity contribution in [1.82, 2.24) is 4.98 Å². The molecule has 2 N–H and O–H groups in total. The minimum atomic E-state index is -4.75. The number of aryl methyl sites for hydroxylation is 1. The number of hydrogen-bond acceptors (Lipinski definition) is 4. The molecule has 0 fully saturated rings. The van der Waals surface area contributed by atoms with Crippen LogP contribution >= 0.6 is 0 Å². The molecule has 1 aromatic heterocycles. The Morgan fingerprint density at radius 2 is 1.93 bits per heavy atom. The highest BCUT2D eigenvalue weighted by Gasteiger charge is 2.33. The topological polar surface area (TPSA) is 75.5 Å². The number of alkyl halides is 5. The van der Waals surface area contributed by atoms with Gasteiger partial charge in [-0.1, -0.05) is 6.07 Å². The van der Waals surface area contributed by atoms with E-state index in [1.807, 2.05) is 0 Å². The molecule has 0 bridgehead atoms. The third kappa shape index (κ3) is 3.64. The van der Waals surface area contributed by atoms with Crippen molar-refractivity contribution in [2.24, 2.45) is 0 Å². The molecule has 1 heterocycles. The van der Waals surface area contributed by atoms with Crippen molar-refractivity contribution >= 4 is 0 Å². The van der Waals surface area contributed by atoms with E-state index in [0.29, 0.717) is 25.0 Å². The molecule has 0 amide bonds. The van der Waals surface area contributed by atoms with Crippen LogP contribution in [0.2, 0.25) is 0 Å². The SMILES string of the molecule is O=c1[nH]c(O)c([C@@H]2CCc3cc(Oc4ccc(C(F)(F)F)cc4C(F)F)ccc32)o1. The second-order valence-corrected chi connectivity index (χ2v) is 6.83. The summed E-state index contributed by atoms with van der Waals surface area (Å²) in [7, 11) is 0. The van der Waals surface area contributed by atoms with Crippen LogP contribution in [-0.2, 0) is 12.6 Å². The van der Waals surface area contributed by atoms with Crippen molar-refractivity contribution in [3.05, 3.63) is 75.0 Å². The molecule has 5 nitrogen and oxygen atoms in total. The van der Waals surface area contributed by atoms with Gasteiger partial charge >= 0.3 is 11.9 Å². The molecule has 3 aromatic rings. The van der Waals surface area contributed by atoms with Gasteiger partial charge in [0.15, 0.2) is 5.76 Å². The van der Waals surface area contributed by atoms with Gasteiger partial charge in [0.2, 0.25) is 5.88 Å². The second kappa shape index (κ2) is 7.19. The Balaban J connectivity index is 1.63. The van der Waals surface area contributed by atoms with Gasteiger partial charge in [0.1, 0.15) is 11.5 Å². The van der Waals surface area contributed by atoms with Gasteiger partial charge in [-0.05, 0) is 54.3 Å². The fourth-order valence-corrected chi connectivity index (χ4v) is 3.61. The average Bonchev–Trinajstić information content (AvgIpc) is 3.22. The predicted molar refractivity (Wildman–Crippen MR) is 94.1 cm³/mol. The summed E-state index contributed by atoms with van der Waals surface area (Å²) < 4.78 is 75.5. The Labute approximate surface area is 165 Å². The zero-order valence-corrected chi connectivity index (χ0v) is 15.1. The number of ether oxygens (including phenoxy) is 1. The molecule has 30 heavy (non-hydrogen) atoms. The van der Waals surface area contributed by atoms with Gasteiger partial charge < -0.3 is 14.3 Å². The number of nitrogens with one attached hydrogen (secondary N) is 1. The van der Waals surface area contributed by atoms with Crippen molar-refractivity contribution < 1.29 is 36.2 Å². The average molecular weight is 427 g/mol. The number of H-pyrrole nitrogens is 1. The number of fused-ring (bicyclic) bond motifs is 1. The van der Waals surface area contributed by atoms with Crippen LogP contribution in [-0.4, -0.2) is 10.1 Å². The molecule has 1 aliphatic rings. The highest BCUT2D eigenvalue weighted by molar-refractivity contribution is 5.48. The fraction of sp³-hybridized carbons (Fsp3) is 0.250.